The van der Waals surface area contributed by atoms with Crippen molar-refractivity contribution in [2.24, 2.45) is 0 Å². The van der Waals surface area contributed by atoms with Crippen molar-refractivity contribution < 1.29 is 19.4 Å². The molecule has 0 aliphatic carbocycles. The minimum Gasteiger partial charge on any atom is -0.484 e. The zero-order valence-electron chi connectivity index (χ0n) is 16.4. The topological polar surface area (TPSA) is 101 Å². The second-order valence-corrected chi connectivity index (χ2v) is 8.36. The van der Waals surface area contributed by atoms with Crippen LogP contribution < -0.4 is 15.0 Å². The summed E-state index contributed by atoms with van der Waals surface area (Å²) in [4.78, 5) is 19.6. The van der Waals surface area contributed by atoms with Crippen LogP contribution in [0.15, 0.2) is 36.8 Å². The van der Waals surface area contributed by atoms with Crippen molar-refractivity contribution in [3.05, 3.63) is 47.9 Å². The maximum absolute atomic E-state index is 13.1. The van der Waals surface area contributed by atoms with Crippen molar-refractivity contribution in [2.75, 3.05) is 30.0 Å². The van der Waals surface area contributed by atoms with Crippen molar-refractivity contribution in [1.29, 1.82) is 0 Å². The van der Waals surface area contributed by atoms with E-state index < -0.39 is 5.60 Å². The average molecular weight is 407 g/mol. The van der Waals surface area contributed by atoms with Crippen LogP contribution >= 0.6 is 0 Å². The summed E-state index contributed by atoms with van der Waals surface area (Å²) in [7, 11) is 0. The molecule has 2 saturated heterocycles. The van der Waals surface area contributed by atoms with Gasteiger partial charge in [-0.05, 0) is 19.1 Å². The van der Waals surface area contributed by atoms with Gasteiger partial charge in [0.25, 0.3) is 5.91 Å². The number of benzene rings is 1. The lowest BCUT2D eigenvalue weighted by Gasteiger charge is -2.56. The summed E-state index contributed by atoms with van der Waals surface area (Å²) in [6.45, 7) is 3.27. The van der Waals surface area contributed by atoms with E-state index >= 15 is 0 Å². The van der Waals surface area contributed by atoms with Crippen molar-refractivity contribution in [3.63, 3.8) is 0 Å². The smallest absolute Gasteiger partial charge is 0.261 e. The van der Waals surface area contributed by atoms with Gasteiger partial charge < -0.3 is 24.8 Å². The Morgan fingerprint density at radius 3 is 3.07 bits per heavy atom. The summed E-state index contributed by atoms with van der Waals surface area (Å²) in [5.41, 5.74) is 2.84. The molecule has 9 nitrogen and oxygen atoms in total. The fraction of sp³-hybridized carbons (Fsp3) is 0.381. The first-order valence-corrected chi connectivity index (χ1v) is 9.99. The van der Waals surface area contributed by atoms with Gasteiger partial charge in [-0.1, -0.05) is 0 Å². The van der Waals surface area contributed by atoms with E-state index in [-0.39, 0.29) is 18.6 Å². The van der Waals surface area contributed by atoms with Crippen LogP contribution in [0.5, 0.6) is 5.75 Å². The molecule has 3 aliphatic rings. The quantitative estimate of drug-likeness (QED) is 0.671. The number of amides is 1. The largest absolute Gasteiger partial charge is 0.484 e. The van der Waals surface area contributed by atoms with Gasteiger partial charge in [-0.15, -0.1) is 0 Å². The molecule has 0 radical (unpaired) electrons. The van der Waals surface area contributed by atoms with E-state index in [2.05, 4.69) is 20.3 Å². The predicted molar refractivity (Wildman–Crippen MR) is 108 cm³/mol. The first-order chi connectivity index (χ1) is 14.5. The standard InChI is InChI=1S/C21H21N5O4/c1-21(11-27)7-12-5-14(15(6-17(12)30-21)25-9-18-16(25)10-29-18)24-20(28)13-8-23-26-4-2-3-22-19(13)26/h2-6,8,16,18,27H,7,9-11H2,1H3,(H,24,28)/t16-,18?,21+/m0/s1. The van der Waals surface area contributed by atoms with Crippen molar-refractivity contribution >= 4 is 22.9 Å². The fourth-order valence-corrected chi connectivity index (χ4v) is 4.41. The van der Waals surface area contributed by atoms with Crippen molar-refractivity contribution in [2.45, 2.75) is 31.1 Å². The molecule has 2 aromatic heterocycles. The predicted octanol–water partition coefficient (Wildman–Crippen LogP) is 1.25. The summed E-state index contributed by atoms with van der Waals surface area (Å²) >= 11 is 0. The SMILES string of the molecule is C[C@]1(CO)Cc2cc(NC(=O)c3cnn4cccnc34)c(N3CC4OC[C@@H]43)cc2O1. The highest BCUT2D eigenvalue weighted by Gasteiger charge is 2.48. The maximum atomic E-state index is 13.1. The van der Waals surface area contributed by atoms with Crippen LogP contribution in [0.4, 0.5) is 11.4 Å². The number of nitrogens with zero attached hydrogens (tertiary/aromatic N) is 4. The normalized spacial score (nSPS) is 26.4. The van der Waals surface area contributed by atoms with Crippen LogP contribution in [-0.4, -0.2) is 63.1 Å². The number of morpholine rings is 1. The van der Waals surface area contributed by atoms with Gasteiger partial charge in [0.15, 0.2) is 5.65 Å². The molecule has 2 N–H and O–H groups in total. The van der Waals surface area contributed by atoms with E-state index in [4.69, 9.17) is 9.47 Å². The van der Waals surface area contributed by atoms with Crippen LogP contribution in [0.3, 0.4) is 0 Å². The second-order valence-electron chi connectivity index (χ2n) is 8.36. The van der Waals surface area contributed by atoms with Gasteiger partial charge in [0.2, 0.25) is 0 Å². The number of aromatic nitrogens is 3. The molecule has 1 aromatic carbocycles. The number of carbonyl (C=O) groups excluding carboxylic acids is 1. The molecule has 1 amide bonds. The molecule has 0 spiro atoms. The van der Waals surface area contributed by atoms with Crippen LogP contribution in [-0.2, 0) is 11.2 Å². The number of hydrogen-bond donors (Lipinski definition) is 2. The molecule has 154 valence electrons. The monoisotopic (exact) mass is 407 g/mol. The molecule has 3 atom stereocenters. The molecule has 6 rings (SSSR count). The molecule has 9 heteroatoms. The Morgan fingerprint density at radius 2 is 2.33 bits per heavy atom. The van der Waals surface area contributed by atoms with Crippen molar-refractivity contribution in [1.82, 2.24) is 14.6 Å². The molecular formula is C21H21N5O4. The Labute approximate surface area is 172 Å². The number of anilines is 2. The highest BCUT2D eigenvalue weighted by atomic mass is 16.5. The van der Waals surface area contributed by atoms with E-state index in [0.29, 0.717) is 36.0 Å². The average Bonchev–Trinajstić information content (AvgIpc) is 3.30. The molecule has 2 fully saturated rings. The van der Waals surface area contributed by atoms with Crippen LogP contribution in [0, 0.1) is 0 Å². The molecule has 1 unspecified atom stereocenters. The lowest BCUT2D eigenvalue weighted by atomic mass is 9.92. The Kier molecular flexibility index (Phi) is 3.63. The van der Waals surface area contributed by atoms with Crippen LogP contribution in [0.2, 0.25) is 0 Å². The van der Waals surface area contributed by atoms with Gasteiger partial charge in [0.1, 0.15) is 16.9 Å². The molecular weight excluding hydrogens is 386 g/mol. The minimum absolute atomic E-state index is 0.0744. The summed E-state index contributed by atoms with van der Waals surface area (Å²) in [5.74, 6) is 0.483. The Morgan fingerprint density at radius 1 is 1.43 bits per heavy atom. The second kappa shape index (κ2) is 6.16. The maximum Gasteiger partial charge on any atom is 0.261 e. The summed E-state index contributed by atoms with van der Waals surface area (Å²) in [6.07, 6.45) is 5.75. The molecule has 30 heavy (non-hydrogen) atoms. The van der Waals surface area contributed by atoms with Gasteiger partial charge in [0, 0.05) is 37.0 Å². The first kappa shape index (κ1) is 17.7. The summed E-state index contributed by atoms with van der Waals surface area (Å²) < 4.78 is 13.1. The fourth-order valence-electron chi connectivity index (χ4n) is 4.41. The number of rotatable bonds is 4. The summed E-state index contributed by atoms with van der Waals surface area (Å²) in [5, 5.41) is 17.0. The van der Waals surface area contributed by atoms with E-state index in [0.717, 1.165) is 23.5 Å². The van der Waals surface area contributed by atoms with Crippen LogP contribution in [0.25, 0.3) is 5.65 Å². The number of carbonyl (C=O) groups is 1. The molecule has 3 aromatic rings. The van der Waals surface area contributed by atoms with Gasteiger partial charge in [-0.3, -0.25) is 4.79 Å². The third-order valence-electron chi connectivity index (χ3n) is 6.20. The Balaban J connectivity index is 1.37. The molecule has 3 aliphatic heterocycles. The Bertz CT molecular complexity index is 1180. The number of hydrogen-bond acceptors (Lipinski definition) is 7. The molecule has 0 saturated carbocycles. The third kappa shape index (κ3) is 2.52. The van der Waals surface area contributed by atoms with E-state index in [1.165, 1.54) is 6.20 Å². The number of ether oxygens (including phenoxy) is 2. The van der Waals surface area contributed by atoms with Gasteiger partial charge >= 0.3 is 0 Å². The van der Waals surface area contributed by atoms with E-state index in [1.54, 1.807) is 23.0 Å². The Hall–Kier alpha value is -3.17. The van der Waals surface area contributed by atoms with Gasteiger partial charge in [-0.2, -0.15) is 5.10 Å². The summed E-state index contributed by atoms with van der Waals surface area (Å²) in [6, 6.07) is 6.01. The van der Waals surface area contributed by atoms with Crippen LogP contribution in [0.1, 0.15) is 22.8 Å². The highest BCUT2D eigenvalue weighted by Crippen LogP contribution is 2.45. The highest BCUT2D eigenvalue weighted by molar-refractivity contribution is 6.09. The zero-order chi connectivity index (χ0) is 20.5. The van der Waals surface area contributed by atoms with Gasteiger partial charge in [0.05, 0.1) is 42.9 Å². The van der Waals surface area contributed by atoms with E-state index in [9.17, 15) is 9.90 Å². The van der Waals surface area contributed by atoms with Crippen molar-refractivity contribution in [3.8, 4) is 5.75 Å². The number of fused-ring (bicyclic) bond motifs is 3. The number of aliphatic hydroxyl groups excluding tert-OH is 1. The molecule has 5 heterocycles. The van der Waals surface area contributed by atoms with E-state index in [1.807, 2.05) is 19.1 Å². The minimum atomic E-state index is -0.647. The number of nitrogens with one attached hydrogen (secondary N) is 1. The lowest BCUT2D eigenvalue weighted by molar-refractivity contribution is -0.113. The lowest BCUT2D eigenvalue weighted by Crippen LogP contribution is -2.71. The number of aliphatic hydroxyl groups is 1. The third-order valence-corrected chi connectivity index (χ3v) is 6.20. The van der Waals surface area contributed by atoms with Gasteiger partial charge in [-0.25, -0.2) is 9.50 Å². The zero-order valence-corrected chi connectivity index (χ0v) is 16.4. The first-order valence-electron chi connectivity index (χ1n) is 9.99. The molecule has 0 bridgehead atoms.